The first-order chi connectivity index (χ1) is 9.29. The fourth-order valence-corrected chi connectivity index (χ4v) is 2.02. The molecule has 0 fully saturated rings. The number of hydrogen-bond acceptors (Lipinski definition) is 2. The number of hydrogen-bond donors (Lipinski definition) is 0. The van der Waals surface area contributed by atoms with Crippen LogP contribution in [0.1, 0.15) is 29.8 Å². The third-order valence-corrected chi connectivity index (χ3v) is 3.10. The maximum Gasteiger partial charge on any atom is 0.434 e. The van der Waals surface area contributed by atoms with Crippen molar-refractivity contribution in [3.8, 4) is 0 Å². The van der Waals surface area contributed by atoms with Crippen LogP contribution in [0.4, 0.5) is 17.6 Å². The van der Waals surface area contributed by atoms with Gasteiger partial charge in [-0.3, -0.25) is 4.98 Å². The van der Waals surface area contributed by atoms with E-state index in [1.165, 1.54) is 24.3 Å². The lowest BCUT2D eigenvalue weighted by molar-refractivity contribution is -0.141. The molecular weight excluding hydrogens is 296 g/mol. The van der Waals surface area contributed by atoms with Gasteiger partial charge >= 0.3 is 6.18 Å². The summed E-state index contributed by atoms with van der Waals surface area (Å²) in [5.41, 5.74) is -0.244. The van der Waals surface area contributed by atoms with Crippen LogP contribution in [-0.2, 0) is 6.18 Å². The fraction of sp³-hybridized carbons (Fsp3) is 0.231. The van der Waals surface area contributed by atoms with Crippen molar-refractivity contribution in [1.82, 2.24) is 9.97 Å². The Kier molecular flexibility index (Phi) is 3.94. The van der Waals surface area contributed by atoms with Gasteiger partial charge in [-0.05, 0) is 17.7 Å². The second kappa shape index (κ2) is 5.36. The minimum atomic E-state index is -4.59. The molecular formula is C13H9ClF4N2. The first kappa shape index (κ1) is 14.7. The van der Waals surface area contributed by atoms with Gasteiger partial charge < -0.3 is 0 Å². The van der Waals surface area contributed by atoms with Gasteiger partial charge in [0.25, 0.3) is 0 Å². The molecule has 0 aliphatic rings. The van der Waals surface area contributed by atoms with Crippen LogP contribution in [0.25, 0.3) is 0 Å². The first-order valence-corrected chi connectivity index (χ1v) is 6.02. The molecule has 0 radical (unpaired) electrons. The largest absolute Gasteiger partial charge is 0.434 e. The Balaban J connectivity index is 2.36. The molecule has 7 heteroatoms. The zero-order valence-electron chi connectivity index (χ0n) is 10.2. The molecule has 2 nitrogen and oxygen atoms in total. The molecule has 0 aliphatic heterocycles. The van der Waals surface area contributed by atoms with Crippen molar-refractivity contribution in [2.45, 2.75) is 19.0 Å². The van der Waals surface area contributed by atoms with E-state index in [9.17, 15) is 17.6 Å². The highest BCUT2D eigenvalue weighted by Crippen LogP contribution is 2.32. The van der Waals surface area contributed by atoms with Crippen molar-refractivity contribution in [3.63, 3.8) is 0 Å². The summed E-state index contributed by atoms with van der Waals surface area (Å²) >= 11 is 5.76. The Morgan fingerprint density at radius 2 is 1.75 bits per heavy atom. The van der Waals surface area contributed by atoms with Crippen molar-refractivity contribution in [2.24, 2.45) is 0 Å². The molecule has 0 saturated carbocycles. The van der Waals surface area contributed by atoms with Gasteiger partial charge in [0.05, 0.1) is 11.9 Å². The van der Waals surface area contributed by atoms with E-state index in [2.05, 4.69) is 9.97 Å². The van der Waals surface area contributed by atoms with E-state index in [1.54, 1.807) is 6.92 Å². The summed E-state index contributed by atoms with van der Waals surface area (Å²) < 4.78 is 50.2. The molecule has 0 N–H and O–H groups in total. The Morgan fingerprint density at radius 1 is 1.15 bits per heavy atom. The maximum absolute atomic E-state index is 12.8. The molecule has 0 amide bonds. The number of nitrogens with zero attached hydrogens (tertiary/aromatic N) is 2. The minimum absolute atomic E-state index is 0.214. The molecule has 2 rings (SSSR count). The monoisotopic (exact) mass is 304 g/mol. The van der Waals surface area contributed by atoms with Crippen molar-refractivity contribution >= 4 is 11.6 Å². The zero-order valence-corrected chi connectivity index (χ0v) is 11.0. The van der Waals surface area contributed by atoms with Gasteiger partial charge in [0.15, 0.2) is 10.8 Å². The standard InChI is InChI=1S/C13H9ClF4N2/c1-7(8-2-4-9(15)5-3-8)11-12(14)20-10(6-19-11)13(16,17)18/h2-7H,1H3. The molecule has 106 valence electrons. The summed E-state index contributed by atoms with van der Waals surface area (Å²) in [5, 5.41) is -0.309. The fourth-order valence-electron chi connectivity index (χ4n) is 1.71. The third-order valence-electron chi connectivity index (χ3n) is 2.83. The van der Waals surface area contributed by atoms with Crippen molar-refractivity contribution in [2.75, 3.05) is 0 Å². The molecule has 1 atom stereocenters. The molecule has 0 bridgehead atoms. The van der Waals surface area contributed by atoms with Crippen molar-refractivity contribution in [3.05, 3.63) is 58.4 Å². The summed E-state index contributed by atoms with van der Waals surface area (Å²) in [6.07, 6.45) is -3.95. The highest BCUT2D eigenvalue weighted by atomic mass is 35.5. The van der Waals surface area contributed by atoms with Crippen LogP contribution < -0.4 is 0 Å². The van der Waals surface area contributed by atoms with Crippen LogP contribution >= 0.6 is 11.6 Å². The van der Waals surface area contributed by atoms with E-state index < -0.39 is 23.6 Å². The average Bonchev–Trinajstić information content (AvgIpc) is 2.37. The number of rotatable bonds is 2. The van der Waals surface area contributed by atoms with Crippen LogP contribution in [0.2, 0.25) is 5.15 Å². The van der Waals surface area contributed by atoms with E-state index in [-0.39, 0.29) is 10.8 Å². The molecule has 20 heavy (non-hydrogen) atoms. The molecule has 0 spiro atoms. The highest BCUT2D eigenvalue weighted by Gasteiger charge is 2.34. The van der Waals surface area contributed by atoms with Gasteiger partial charge in [0, 0.05) is 5.92 Å². The van der Waals surface area contributed by atoms with Gasteiger partial charge in [-0.15, -0.1) is 0 Å². The lowest BCUT2D eigenvalue weighted by Gasteiger charge is -2.14. The SMILES string of the molecule is CC(c1ccc(F)cc1)c1ncc(C(F)(F)F)nc1Cl. The molecule has 0 aliphatic carbocycles. The van der Waals surface area contributed by atoms with E-state index in [0.29, 0.717) is 11.8 Å². The van der Waals surface area contributed by atoms with Crippen molar-refractivity contribution in [1.29, 1.82) is 0 Å². The topological polar surface area (TPSA) is 25.8 Å². The second-order valence-corrected chi connectivity index (χ2v) is 4.56. The molecule has 1 aromatic heterocycles. The predicted octanol–water partition coefficient (Wildman–Crippen LogP) is 4.44. The van der Waals surface area contributed by atoms with Gasteiger partial charge in [-0.2, -0.15) is 13.2 Å². The average molecular weight is 305 g/mol. The smallest absolute Gasteiger partial charge is 0.255 e. The Labute approximate surface area is 117 Å². The minimum Gasteiger partial charge on any atom is -0.255 e. The number of aromatic nitrogens is 2. The lowest BCUT2D eigenvalue weighted by atomic mass is 9.98. The quantitative estimate of drug-likeness (QED) is 0.767. The highest BCUT2D eigenvalue weighted by molar-refractivity contribution is 6.30. The van der Waals surface area contributed by atoms with Crippen molar-refractivity contribution < 1.29 is 17.6 Å². The van der Waals surface area contributed by atoms with E-state index >= 15 is 0 Å². The molecule has 0 saturated heterocycles. The van der Waals surface area contributed by atoms with Gasteiger partial charge in [-0.25, -0.2) is 9.37 Å². The first-order valence-electron chi connectivity index (χ1n) is 5.64. The van der Waals surface area contributed by atoms with Crippen LogP contribution in [0.5, 0.6) is 0 Å². The number of alkyl halides is 3. The summed E-state index contributed by atoms with van der Waals surface area (Å²) in [6.45, 7) is 1.70. The number of halogens is 5. The Morgan fingerprint density at radius 3 is 2.25 bits per heavy atom. The van der Waals surface area contributed by atoms with Gasteiger partial charge in [-0.1, -0.05) is 30.7 Å². The summed E-state index contributed by atoms with van der Waals surface area (Å²) in [4.78, 5) is 7.05. The van der Waals surface area contributed by atoms with E-state index in [4.69, 9.17) is 11.6 Å². The molecule has 2 aromatic rings. The number of benzene rings is 1. The molecule has 1 aromatic carbocycles. The van der Waals surface area contributed by atoms with Crippen LogP contribution in [0.15, 0.2) is 30.5 Å². The van der Waals surface area contributed by atoms with Gasteiger partial charge in [0.1, 0.15) is 5.82 Å². The molecule has 1 heterocycles. The van der Waals surface area contributed by atoms with Crippen LogP contribution in [0.3, 0.4) is 0 Å². The maximum atomic E-state index is 12.8. The normalized spacial score (nSPS) is 13.3. The van der Waals surface area contributed by atoms with Gasteiger partial charge in [0.2, 0.25) is 0 Å². The van der Waals surface area contributed by atoms with E-state index in [1.807, 2.05) is 0 Å². The second-order valence-electron chi connectivity index (χ2n) is 4.20. The van der Waals surface area contributed by atoms with Crippen LogP contribution in [0, 0.1) is 5.82 Å². The Hall–Kier alpha value is -1.69. The lowest BCUT2D eigenvalue weighted by Crippen LogP contribution is -2.11. The third kappa shape index (κ3) is 3.07. The Bertz CT molecular complexity index is 611. The summed E-state index contributed by atoms with van der Waals surface area (Å²) in [5.74, 6) is -0.788. The predicted molar refractivity (Wildman–Crippen MR) is 66.0 cm³/mol. The van der Waals surface area contributed by atoms with E-state index in [0.717, 1.165) is 0 Å². The summed E-state index contributed by atoms with van der Waals surface area (Å²) in [7, 11) is 0. The summed E-state index contributed by atoms with van der Waals surface area (Å²) in [6, 6.07) is 5.57. The van der Waals surface area contributed by atoms with Crippen LogP contribution in [-0.4, -0.2) is 9.97 Å². The molecule has 1 unspecified atom stereocenters. The zero-order chi connectivity index (χ0) is 14.9.